The van der Waals surface area contributed by atoms with Crippen molar-refractivity contribution in [3.63, 3.8) is 0 Å². The molecule has 6 heteroatoms. The van der Waals surface area contributed by atoms with E-state index in [1.54, 1.807) is 6.07 Å². The molecule has 2 aliphatic rings. The third kappa shape index (κ3) is 1.90. The third-order valence-electron chi connectivity index (χ3n) is 4.94. The second-order valence-corrected chi connectivity index (χ2v) is 6.10. The summed E-state index contributed by atoms with van der Waals surface area (Å²) in [7, 11) is 0. The van der Waals surface area contributed by atoms with Crippen LogP contribution in [0.5, 0.6) is 11.5 Å². The summed E-state index contributed by atoms with van der Waals surface area (Å²) < 4.78 is 5.41. The lowest BCUT2D eigenvalue weighted by Gasteiger charge is -2.24. The van der Waals surface area contributed by atoms with Crippen molar-refractivity contribution >= 4 is 0 Å². The van der Waals surface area contributed by atoms with Crippen LogP contribution in [0.2, 0.25) is 0 Å². The van der Waals surface area contributed by atoms with Crippen LogP contribution in [-0.4, -0.2) is 26.4 Å². The molecule has 4 atom stereocenters. The number of nitrogens with zero attached hydrogens (tertiary/aromatic N) is 2. The smallest absolute Gasteiger partial charge is 0.231 e. The highest BCUT2D eigenvalue weighted by molar-refractivity contribution is 5.60. The van der Waals surface area contributed by atoms with Crippen LogP contribution in [0.25, 0.3) is 11.4 Å². The van der Waals surface area contributed by atoms with Crippen LogP contribution >= 0.6 is 0 Å². The zero-order valence-corrected chi connectivity index (χ0v) is 11.4. The molecule has 1 aromatic heterocycles. The second kappa shape index (κ2) is 4.46. The first-order chi connectivity index (χ1) is 10.1. The Morgan fingerprint density at radius 3 is 2.67 bits per heavy atom. The standard InChI is InChI=1S/C15H17N3O3/c16-13-8-2-1-7(5-8)12(13)15-17-14(18-21-15)9-3-4-10(19)11(20)6-9/h3-4,6-8,12-13,19-20H,1-2,5,16H2. The van der Waals surface area contributed by atoms with Gasteiger partial charge < -0.3 is 20.5 Å². The molecule has 4 N–H and O–H groups in total. The zero-order valence-electron chi connectivity index (χ0n) is 11.4. The van der Waals surface area contributed by atoms with Gasteiger partial charge in [0, 0.05) is 11.6 Å². The highest BCUT2D eigenvalue weighted by Gasteiger charge is 2.48. The van der Waals surface area contributed by atoms with E-state index >= 15 is 0 Å². The van der Waals surface area contributed by atoms with Gasteiger partial charge in [-0.2, -0.15) is 4.98 Å². The van der Waals surface area contributed by atoms with Gasteiger partial charge in [-0.25, -0.2) is 0 Å². The molecule has 2 bridgehead atoms. The summed E-state index contributed by atoms with van der Waals surface area (Å²) in [6.45, 7) is 0. The molecule has 21 heavy (non-hydrogen) atoms. The number of benzene rings is 1. The van der Waals surface area contributed by atoms with E-state index in [9.17, 15) is 10.2 Å². The number of hydrogen-bond acceptors (Lipinski definition) is 6. The van der Waals surface area contributed by atoms with E-state index < -0.39 is 0 Å². The van der Waals surface area contributed by atoms with Crippen LogP contribution in [0.1, 0.15) is 31.1 Å². The molecular formula is C15H17N3O3. The van der Waals surface area contributed by atoms with Crippen molar-refractivity contribution in [1.82, 2.24) is 10.1 Å². The van der Waals surface area contributed by atoms with Crippen molar-refractivity contribution in [3.05, 3.63) is 24.1 Å². The summed E-state index contributed by atoms with van der Waals surface area (Å²) in [5.41, 5.74) is 6.90. The van der Waals surface area contributed by atoms with E-state index in [-0.39, 0.29) is 23.5 Å². The highest BCUT2D eigenvalue weighted by Crippen LogP contribution is 2.51. The van der Waals surface area contributed by atoms with Crippen molar-refractivity contribution < 1.29 is 14.7 Å². The minimum Gasteiger partial charge on any atom is -0.504 e. The first-order valence-electron chi connectivity index (χ1n) is 7.25. The van der Waals surface area contributed by atoms with Gasteiger partial charge in [0.15, 0.2) is 11.5 Å². The Hall–Kier alpha value is -2.08. The van der Waals surface area contributed by atoms with Crippen LogP contribution < -0.4 is 5.73 Å². The Labute approximate surface area is 121 Å². The van der Waals surface area contributed by atoms with Crippen molar-refractivity contribution in [3.8, 4) is 22.9 Å². The molecule has 0 amide bonds. The summed E-state index contributed by atoms with van der Waals surface area (Å²) >= 11 is 0. The molecule has 1 aromatic carbocycles. The van der Waals surface area contributed by atoms with Gasteiger partial charge in [0.1, 0.15) is 0 Å². The van der Waals surface area contributed by atoms with Crippen molar-refractivity contribution in [2.24, 2.45) is 17.6 Å². The van der Waals surface area contributed by atoms with Crippen LogP contribution in [-0.2, 0) is 0 Å². The normalized spacial score (nSPS) is 30.9. The molecule has 2 fully saturated rings. The van der Waals surface area contributed by atoms with Gasteiger partial charge in [0.2, 0.25) is 11.7 Å². The van der Waals surface area contributed by atoms with E-state index in [1.165, 1.54) is 25.0 Å². The minimum atomic E-state index is -0.199. The van der Waals surface area contributed by atoms with Crippen molar-refractivity contribution in [2.45, 2.75) is 31.2 Å². The average Bonchev–Trinajstić information content (AvgIpc) is 3.16. The Morgan fingerprint density at radius 1 is 1.14 bits per heavy atom. The van der Waals surface area contributed by atoms with E-state index in [1.807, 2.05) is 0 Å². The molecule has 0 aliphatic heterocycles. The summed E-state index contributed by atoms with van der Waals surface area (Å²) in [6, 6.07) is 4.57. The maximum atomic E-state index is 9.55. The third-order valence-corrected chi connectivity index (χ3v) is 4.94. The lowest BCUT2D eigenvalue weighted by atomic mass is 9.85. The molecule has 0 radical (unpaired) electrons. The van der Waals surface area contributed by atoms with E-state index in [0.717, 1.165) is 6.42 Å². The summed E-state index contributed by atoms with van der Waals surface area (Å²) in [5.74, 6) is 1.91. The SMILES string of the molecule is NC1C2CCC(C2)C1c1nc(-c2ccc(O)c(O)c2)no1. The largest absolute Gasteiger partial charge is 0.504 e. The lowest BCUT2D eigenvalue weighted by Crippen LogP contribution is -2.34. The van der Waals surface area contributed by atoms with E-state index in [2.05, 4.69) is 10.1 Å². The topological polar surface area (TPSA) is 105 Å². The van der Waals surface area contributed by atoms with Gasteiger partial charge in [0.05, 0.1) is 5.92 Å². The second-order valence-electron chi connectivity index (χ2n) is 6.10. The van der Waals surface area contributed by atoms with Crippen LogP contribution in [0, 0.1) is 11.8 Å². The number of phenolic OH excluding ortho intramolecular Hbond substituents is 2. The van der Waals surface area contributed by atoms with Gasteiger partial charge in [-0.05, 0) is 49.3 Å². The van der Waals surface area contributed by atoms with Gasteiger partial charge in [-0.15, -0.1) is 0 Å². The van der Waals surface area contributed by atoms with E-state index in [0.29, 0.717) is 29.1 Å². The molecule has 4 unspecified atom stereocenters. The number of rotatable bonds is 2. The number of phenols is 2. The molecule has 6 nitrogen and oxygen atoms in total. The molecule has 4 rings (SSSR count). The summed E-state index contributed by atoms with van der Waals surface area (Å²) in [5, 5.41) is 22.9. The fourth-order valence-corrected chi connectivity index (χ4v) is 3.85. The number of nitrogens with two attached hydrogens (primary N) is 1. The zero-order chi connectivity index (χ0) is 14.6. The lowest BCUT2D eigenvalue weighted by molar-refractivity contribution is 0.279. The Kier molecular flexibility index (Phi) is 2.68. The molecule has 2 saturated carbocycles. The minimum absolute atomic E-state index is 0.102. The molecular weight excluding hydrogens is 270 g/mol. The Morgan fingerprint density at radius 2 is 1.95 bits per heavy atom. The van der Waals surface area contributed by atoms with Crippen molar-refractivity contribution in [1.29, 1.82) is 0 Å². The summed E-state index contributed by atoms with van der Waals surface area (Å²) in [6.07, 6.45) is 3.54. The van der Waals surface area contributed by atoms with Crippen LogP contribution in [0.3, 0.4) is 0 Å². The van der Waals surface area contributed by atoms with Gasteiger partial charge in [0.25, 0.3) is 0 Å². The van der Waals surface area contributed by atoms with Gasteiger partial charge >= 0.3 is 0 Å². The fourth-order valence-electron chi connectivity index (χ4n) is 3.85. The van der Waals surface area contributed by atoms with E-state index in [4.69, 9.17) is 10.3 Å². The maximum absolute atomic E-state index is 9.55. The molecule has 0 spiro atoms. The Balaban J connectivity index is 1.65. The number of hydrogen-bond donors (Lipinski definition) is 3. The summed E-state index contributed by atoms with van der Waals surface area (Å²) in [4.78, 5) is 4.45. The Bertz CT molecular complexity index is 683. The maximum Gasteiger partial charge on any atom is 0.231 e. The molecule has 110 valence electrons. The fraction of sp³-hybridized carbons (Fsp3) is 0.467. The monoisotopic (exact) mass is 287 g/mol. The highest BCUT2D eigenvalue weighted by atomic mass is 16.5. The molecule has 0 saturated heterocycles. The van der Waals surface area contributed by atoms with Gasteiger partial charge in [-0.1, -0.05) is 5.16 Å². The quantitative estimate of drug-likeness (QED) is 0.729. The number of fused-ring (bicyclic) bond motifs is 2. The predicted octanol–water partition coefficient (Wildman–Crippen LogP) is 1.99. The predicted molar refractivity (Wildman–Crippen MR) is 74.6 cm³/mol. The first kappa shape index (κ1) is 12.6. The number of aromatic nitrogens is 2. The van der Waals surface area contributed by atoms with Crippen LogP contribution in [0.4, 0.5) is 0 Å². The van der Waals surface area contributed by atoms with Crippen molar-refractivity contribution in [2.75, 3.05) is 0 Å². The average molecular weight is 287 g/mol. The van der Waals surface area contributed by atoms with Gasteiger partial charge in [-0.3, -0.25) is 0 Å². The first-order valence-corrected chi connectivity index (χ1v) is 7.25. The molecule has 2 aliphatic carbocycles. The number of aromatic hydroxyl groups is 2. The molecule has 1 heterocycles. The van der Waals surface area contributed by atoms with Crippen LogP contribution in [0.15, 0.2) is 22.7 Å². The molecule has 2 aromatic rings.